The summed E-state index contributed by atoms with van der Waals surface area (Å²) in [7, 11) is 0. The SMILES string of the molecule is O=C1C[C@@H]2Cc3cccc(Br)c3[C@@H]2N1. The van der Waals surface area contributed by atoms with Crippen LogP contribution < -0.4 is 5.32 Å². The minimum atomic E-state index is 0.196. The number of nitrogens with one attached hydrogen (secondary N) is 1. The van der Waals surface area contributed by atoms with E-state index in [1.807, 2.05) is 6.07 Å². The molecule has 2 atom stereocenters. The topological polar surface area (TPSA) is 29.1 Å². The molecule has 14 heavy (non-hydrogen) atoms. The van der Waals surface area contributed by atoms with Crippen molar-refractivity contribution in [3.8, 4) is 0 Å². The van der Waals surface area contributed by atoms with Crippen molar-refractivity contribution in [1.82, 2.24) is 5.32 Å². The highest BCUT2D eigenvalue weighted by Gasteiger charge is 2.40. The Balaban J connectivity index is 2.11. The first-order valence-corrected chi connectivity index (χ1v) is 5.61. The molecule has 0 aromatic heterocycles. The van der Waals surface area contributed by atoms with Crippen LogP contribution in [0.5, 0.6) is 0 Å². The number of halogens is 1. The highest BCUT2D eigenvalue weighted by Crippen LogP contribution is 2.44. The molecule has 1 fully saturated rings. The van der Waals surface area contributed by atoms with Gasteiger partial charge in [-0.15, -0.1) is 0 Å². The normalized spacial score (nSPS) is 28.5. The maximum Gasteiger partial charge on any atom is 0.220 e. The van der Waals surface area contributed by atoms with Gasteiger partial charge in [-0.25, -0.2) is 0 Å². The number of rotatable bonds is 0. The number of hydrogen-bond donors (Lipinski definition) is 1. The van der Waals surface area contributed by atoms with Crippen LogP contribution >= 0.6 is 15.9 Å². The van der Waals surface area contributed by atoms with Crippen LogP contribution in [0.25, 0.3) is 0 Å². The molecule has 1 amide bonds. The first kappa shape index (κ1) is 8.48. The van der Waals surface area contributed by atoms with E-state index in [-0.39, 0.29) is 11.9 Å². The molecule has 2 aliphatic rings. The predicted octanol–water partition coefficient (Wildman–Crippen LogP) is 2.18. The predicted molar refractivity (Wildman–Crippen MR) is 56.8 cm³/mol. The Bertz CT molecular complexity index is 416. The standard InChI is InChI=1S/C11H10BrNO/c12-8-3-1-2-6-4-7-5-9(14)13-11(7)10(6)8/h1-3,7,11H,4-5H2,(H,13,14)/t7-,11+/m0/s1. The Morgan fingerprint density at radius 2 is 2.21 bits per heavy atom. The van der Waals surface area contributed by atoms with Gasteiger partial charge in [-0.2, -0.15) is 0 Å². The molecule has 72 valence electrons. The molecule has 1 aliphatic heterocycles. The van der Waals surface area contributed by atoms with Gasteiger partial charge in [0.15, 0.2) is 0 Å². The molecular weight excluding hydrogens is 242 g/mol. The van der Waals surface area contributed by atoms with E-state index in [2.05, 4.69) is 33.4 Å². The molecule has 1 N–H and O–H groups in total. The lowest BCUT2D eigenvalue weighted by molar-refractivity contribution is -0.119. The molecule has 1 aromatic carbocycles. The number of carbonyl (C=O) groups excluding carboxylic acids is 1. The smallest absolute Gasteiger partial charge is 0.220 e. The summed E-state index contributed by atoms with van der Waals surface area (Å²) in [5, 5.41) is 3.04. The van der Waals surface area contributed by atoms with Gasteiger partial charge in [-0.05, 0) is 29.5 Å². The Kier molecular flexibility index (Phi) is 1.71. The summed E-state index contributed by atoms with van der Waals surface area (Å²) in [6.45, 7) is 0. The van der Waals surface area contributed by atoms with Gasteiger partial charge in [0, 0.05) is 10.9 Å². The molecule has 0 saturated carbocycles. The fourth-order valence-corrected chi connectivity index (χ4v) is 3.25. The summed E-state index contributed by atoms with van der Waals surface area (Å²) in [5.41, 5.74) is 2.68. The summed E-state index contributed by atoms with van der Waals surface area (Å²) in [5.74, 6) is 0.678. The average molecular weight is 252 g/mol. The van der Waals surface area contributed by atoms with Crippen LogP contribution in [0.15, 0.2) is 22.7 Å². The van der Waals surface area contributed by atoms with E-state index in [4.69, 9.17) is 0 Å². The van der Waals surface area contributed by atoms with Gasteiger partial charge in [-0.1, -0.05) is 28.1 Å². The lowest BCUT2D eigenvalue weighted by Crippen LogP contribution is -2.18. The van der Waals surface area contributed by atoms with Gasteiger partial charge in [0.25, 0.3) is 0 Å². The highest BCUT2D eigenvalue weighted by atomic mass is 79.9. The van der Waals surface area contributed by atoms with Crippen molar-refractivity contribution in [3.05, 3.63) is 33.8 Å². The van der Waals surface area contributed by atoms with E-state index in [0.717, 1.165) is 10.9 Å². The molecule has 2 nitrogen and oxygen atoms in total. The molecule has 0 unspecified atom stereocenters. The third-order valence-corrected chi connectivity index (χ3v) is 3.86. The van der Waals surface area contributed by atoms with Crippen molar-refractivity contribution >= 4 is 21.8 Å². The molecule has 1 aromatic rings. The van der Waals surface area contributed by atoms with E-state index >= 15 is 0 Å². The van der Waals surface area contributed by atoms with Crippen molar-refractivity contribution in [2.45, 2.75) is 18.9 Å². The Morgan fingerprint density at radius 3 is 3.07 bits per heavy atom. The molecule has 0 bridgehead atoms. The largest absolute Gasteiger partial charge is 0.349 e. The fourth-order valence-electron chi connectivity index (χ4n) is 2.59. The number of fused-ring (bicyclic) bond motifs is 3. The second-order valence-corrected chi connectivity index (χ2v) is 4.88. The zero-order valence-corrected chi connectivity index (χ0v) is 9.17. The van der Waals surface area contributed by atoms with E-state index in [0.29, 0.717) is 12.3 Å². The third-order valence-electron chi connectivity index (χ3n) is 3.17. The summed E-state index contributed by atoms with van der Waals surface area (Å²) >= 11 is 3.55. The van der Waals surface area contributed by atoms with Gasteiger partial charge in [-0.3, -0.25) is 4.79 Å². The molecule has 3 heteroatoms. The molecule has 0 spiro atoms. The van der Waals surface area contributed by atoms with Gasteiger partial charge in [0.1, 0.15) is 0 Å². The number of amides is 1. The molecule has 1 heterocycles. The Hall–Kier alpha value is -0.830. The van der Waals surface area contributed by atoms with Crippen LogP contribution in [0.4, 0.5) is 0 Å². The van der Waals surface area contributed by atoms with E-state index in [9.17, 15) is 4.79 Å². The first-order valence-electron chi connectivity index (χ1n) is 4.82. The molecule has 1 aliphatic carbocycles. The van der Waals surface area contributed by atoms with Gasteiger partial charge in [0.2, 0.25) is 5.91 Å². The number of hydrogen-bond acceptors (Lipinski definition) is 1. The minimum Gasteiger partial charge on any atom is -0.349 e. The van der Waals surface area contributed by atoms with E-state index in [1.54, 1.807) is 0 Å². The maximum atomic E-state index is 11.3. The van der Waals surface area contributed by atoms with Gasteiger partial charge in [0.05, 0.1) is 6.04 Å². The lowest BCUT2D eigenvalue weighted by atomic mass is 10.0. The monoisotopic (exact) mass is 251 g/mol. The third kappa shape index (κ3) is 1.05. The number of carbonyl (C=O) groups is 1. The van der Waals surface area contributed by atoms with Crippen LogP contribution in [-0.4, -0.2) is 5.91 Å². The fraction of sp³-hybridized carbons (Fsp3) is 0.364. The molecular formula is C11H10BrNO. The van der Waals surface area contributed by atoms with Crippen molar-refractivity contribution in [3.63, 3.8) is 0 Å². The van der Waals surface area contributed by atoms with Gasteiger partial charge < -0.3 is 5.32 Å². The van der Waals surface area contributed by atoms with Crippen molar-refractivity contribution in [2.75, 3.05) is 0 Å². The van der Waals surface area contributed by atoms with Crippen LogP contribution in [0.1, 0.15) is 23.6 Å². The summed E-state index contributed by atoms with van der Waals surface area (Å²) in [6, 6.07) is 6.52. The second-order valence-electron chi connectivity index (χ2n) is 4.03. The van der Waals surface area contributed by atoms with E-state index < -0.39 is 0 Å². The van der Waals surface area contributed by atoms with Crippen LogP contribution in [0, 0.1) is 5.92 Å². The summed E-state index contributed by atoms with van der Waals surface area (Å²) < 4.78 is 1.13. The molecule has 1 saturated heterocycles. The van der Waals surface area contributed by atoms with Crippen LogP contribution in [-0.2, 0) is 11.2 Å². The zero-order valence-electron chi connectivity index (χ0n) is 7.59. The second kappa shape index (κ2) is 2.83. The van der Waals surface area contributed by atoms with Crippen molar-refractivity contribution < 1.29 is 4.79 Å². The van der Waals surface area contributed by atoms with Gasteiger partial charge >= 0.3 is 0 Å². The Labute approximate surface area is 90.8 Å². The first-order chi connectivity index (χ1) is 6.75. The maximum absolute atomic E-state index is 11.3. The van der Waals surface area contributed by atoms with E-state index in [1.165, 1.54) is 11.1 Å². The minimum absolute atomic E-state index is 0.196. The number of benzene rings is 1. The average Bonchev–Trinajstić information content (AvgIpc) is 2.60. The Morgan fingerprint density at radius 1 is 1.36 bits per heavy atom. The molecule has 0 radical (unpaired) electrons. The molecule has 3 rings (SSSR count). The van der Waals surface area contributed by atoms with Crippen LogP contribution in [0.2, 0.25) is 0 Å². The quantitative estimate of drug-likeness (QED) is 0.753. The summed E-state index contributed by atoms with van der Waals surface area (Å²) in [4.78, 5) is 11.3. The summed E-state index contributed by atoms with van der Waals surface area (Å²) in [6.07, 6.45) is 1.73. The van der Waals surface area contributed by atoms with Crippen LogP contribution in [0.3, 0.4) is 0 Å². The lowest BCUT2D eigenvalue weighted by Gasteiger charge is -2.11. The van der Waals surface area contributed by atoms with Crippen molar-refractivity contribution in [1.29, 1.82) is 0 Å². The van der Waals surface area contributed by atoms with Crippen molar-refractivity contribution in [2.24, 2.45) is 5.92 Å². The highest BCUT2D eigenvalue weighted by molar-refractivity contribution is 9.10. The zero-order chi connectivity index (χ0) is 9.71.